The molecular weight excluding hydrogens is 296 g/mol. The molecule has 0 radical (unpaired) electrons. The van der Waals surface area contributed by atoms with E-state index in [1.165, 1.54) is 4.90 Å². The van der Waals surface area contributed by atoms with Crippen LogP contribution in [0.2, 0.25) is 0 Å². The van der Waals surface area contributed by atoms with E-state index in [2.05, 4.69) is 0 Å². The fourth-order valence-corrected chi connectivity index (χ4v) is 3.14. The molecule has 1 aliphatic heterocycles. The van der Waals surface area contributed by atoms with Gasteiger partial charge >= 0.3 is 0 Å². The third-order valence-corrected chi connectivity index (χ3v) is 4.66. The molecule has 1 saturated heterocycles. The van der Waals surface area contributed by atoms with Crippen LogP contribution in [-0.2, 0) is 18.4 Å². The summed E-state index contributed by atoms with van der Waals surface area (Å²) >= 11 is 0.999. The highest BCUT2D eigenvalue weighted by Crippen LogP contribution is 2.33. The maximum atomic E-state index is 12.4. The number of nitrogens with zero attached hydrogens (tertiary/aromatic N) is 2. The van der Waals surface area contributed by atoms with Crippen molar-refractivity contribution in [1.29, 1.82) is 0 Å². The van der Waals surface area contributed by atoms with Crippen molar-refractivity contribution in [2.75, 3.05) is 0 Å². The molecule has 0 bridgehead atoms. The number of aryl methyl sites for hydroxylation is 1. The fourth-order valence-electron chi connectivity index (χ4n) is 2.31. The summed E-state index contributed by atoms with van der Waals surface area (Å²) < 4.78 is 1.99. The van der Waals surface area contributed by atoms with Crippen LogP contribution in [0, 0.1) is 6.92 Å². The molecule has 0 unspecified atom stereocenters. The number of carbonyl (C=O) groups is 2. The average molecular weight is 312 g/mol. The Morgan fingerprint density at radius 1 is 1.09 bits per heavy atom. The van der Waals surface area contributed by atoms with Gasteiger partial charge < -0.3 is 4.57 Å². The van der Waals surface area contributed by atoms with Crippen LogP contribution >= 0.6 is 11.8 Å². The molecule has 4 nitrogen and oxygen atoms in total. The Morgan fingerprint density at radius 2 is 1.82 bits per heavy atom. The molecule has 5 heteroatoms. The maximum absolute atomic E-state index is 12.4. The van der Waals surface area contributed by atoms with E-state index in [1.807, 2.05) is 61.0 Å². The molecule has 1 aromatic carbocycles. The Hall–Kier alpha value is -2.27. The molecule has 112 valence electrons. The molecular formula is C17H16N2O2S. The van der Waals surface area contributed by atoms with Gasteiger partial charge in [-0.2, -0.15) is 0 Å². The van der Waals surface area contributed by atoms with E-state index in [0.29, 0.717) is 11.4 Å². The van der Waals surface area contributed by atoms with Gasteiger partial charge in [-0.05, 0) is 42.5 Å². The first-order valence-corrected chi connectivity index (χ1v) is 7.79. The van der Waals surface area contributed by atoms with Crippen LogP contribution in [0.15, 0.2) is 47.4 Å². The van der Waals surface area contributed by atoms with Gasteiger partial charge in [-0.1, -0.05) is 30.3 Å². The topological polar surface area (TPSA) is 42.3 Å². The van der Waals surface area contributed by atoms with Crippen molar-refractivity contribution in [3.8, 4) is 0 Å². The quantitative estimate of drug-likeness (QED) is 0.814. The highest BCUT2D eigenvalue weighted by molar-refractivity contribution is 8.18. The third kappa shape index (κ3) is 2.72. The van der Waals surface area contributed by atoms with Crippen LogP contribution in [0.1, 0.15) is 17.0 Å². The summed E-state index contributed by atoms with van der Waals surface area (Å²) in [6, 6.07) is 13.5. The Kier molecular flexibility index (Phi) is 3.90. The molecule has 2 heterocycles. The number of carbonyl (C=O) groups excluding carboxylic acids is 2. The van der Waals surface area contributed by atoms with Gasteiger partial charge in [0.15, 0.2) is 0 Å². The van der Waals surface area contributed by atoms with Crippen molar-refractivity contribution < 1.29 is 9.59 Å². The molecule has 3 rings (SSSR count). The van der Waals surface area contributed by atoms with E-state index in [0.717, 1.165) is 28.7 Å². The summed E-state index contributed by atoms with van der Waals surface area (Å²) in [7, 11) is 1.94. The van der Waals surface area contributed by atoms with Crippen LogP contribution in [0.25, 0.3) is 6.08 Å². The summed E-state index contributed by atoms with van der Waals surface area (Å²) in [4.78, 5) is 26.3. The molecule has 1 aromatic heterocycles. The minimum atomic E-state index is -0.224. The van der Waals surface area contributed by atoms with E-state index in [-0.39, 0.29) is 11.1 Å². The number of hydrogen-bond donors (Lipinski definition) is 0. The predicted molar refractivity (Wildman–Crippen MR) is 88.1 cm³/mol. The number of benzene rings is 1. The molecule has 0 N–H and O–H groups in total. The Labute approximate surface area is 133 Å². The van der Waals surface area contributed by atoms with Crippen molar-refractivity contribution in [3.63, 3.8) is 0 Å². The normalized spacial score (nSPS) is 16.8. The zero-order valence-electron chi connectivity index (χ0n) is 12.4. The number of rotatable bonds is 3. The van der Waals surface area contributed by atoms with E-state index >= 15 is 0 Å². The van der Waals surface area contributed by atoms with E-state index < -0.39 is 0 Å². The monoisotopic (exact) mass is 312 g/mol. The van der Waals surface area contributed by atoms with Crippen molar-refractivity contribution in [2.45, 2.75) is 13.5 Å². The van der Waals surface area contributed by atoms with Gasteiger partial charge in [-0.15, -0.1) is 0 Å². The molecule has 0 aliphatic carbocycles. The maximum Gasteiger partial charge on any atom is 0.293 e. The van der Waals surface area contributed by atoms with Gasteiger partial charge in [0.2, 0.25) is 0 Å². The van der Waals surface area contributed by atoms with Crippen molar-refractivity contribution in [1.82, 2.24) is 9.47 Å². The predicted octanol–water partition coefficient (Wildman–Crippen LogP) is 3.57. The highest BCUT2D eigenvalue weighted by atomic mass is 32.2. The van der Waals surface area contributed by atoms with Crippen LogP contribution in [0.4, 0.5) is 4.79 Å². The molecule has 22 heavy (non-hydrogen) atoms. The molecule has 2 amide bonds. The van der Waals surface area contributed by atoms with Crippen molar-refractivity contribution in [2.24, 2.45) is 7.05 Å². The van der Waals surface area contributed by atoms with Crippen LogP contribution < -0.4 is 0 Å². The first-order valence-electron chi connectivity index (χ1n) is 6.98. The third-order valence-electron chi connectivity index (χ3n) is 3.75. The molecule has 1 aliphatic rings. The first-order chi connectivity index (χ1) is 10.6. The SMILES string of the molecule is Cc1ccc(/C=C2\SC(=O)N(Cc3ccccc3)C2=O)n1C. The Balaban J connectivity index is 1.84. The second kappa shape index (κ2) is 5.85. The van der Waals surface area contributed by atoms with Gasteiger partial charge in [0, 0.05) is 18.4 Å². The molecule has 1 fully saturated rings. The smallest absolute Gasteiger partial charge is 0.293 e. The Bertz CT molecular complexity index is 762. The van der Waals surface area contributed by atoms with Gasteiger partial charge in [0.1, 0.15) is 0 Å². The van der Waals surface area contributed by atoms with Crippen LogP contribution in [0.5, 0.6) is 0 Å². The average Bonchev–Trinajstić information content (AvgIpc) is 2.96. The molecule has 2 aromatic rings. The minimum Gasteiger partial charge on any atom is -0.348 e. The number of imide groups is 1. The first kappa shape index (κ1) is 14.7. The zero-order valence-corrected chi connectivity index (χ0v) is 13.3. The summed E-state index contributed by atoms with van der Waals surface area (Å²) in [6.45, 7) is 2.31. The lowest BCUT2D eigenvalue weighted by molar-refractivity contribution is -0.123. The summed E-state index contributed by atoms with van der Waals surface area (Å²) in [6.07, 6.45) is 1.78. The summed E-state index contributed by atoms with van der Waals surface area (Å²) in [5.41, 5.74) is 2.97. The standard InChI is InChI=1S/C17H16N2O2S/c1-12-8-9-14(18(12)2)10-15-16(20)19(17(21)22-15)11-13-6-4-3-5-7-13/h3-10H,11H2,1-2H3/b15-10-. The number of amides is 2. The molecule has 0 saturated carbocycles. The second-order valence-electron chi connectivity index (χ2n) is 5.21. The lowest BCUT2D eigenvalue weighted by Crippen LogP contribution is -2.27. The van der Waals surface area contributed by atoms with Crippen molar-refractivity contribution in [3.05, 3.63) is 64.3 Å². The van der Waals surface area contributed by atoms with Gasteiger partial charge in [0.25, 0.3) is 11.1 Å². The molecule has 0 spiro atoms. The Morgan fingerprint density at radius 3 is 2.45 bits per heavy atom. The second-order valence-corrected chi connectivity index (χ2v) is 6.21. The van der Waals surface area contributed by atoms with E-state index in [4.69, 9.17) is 0 Å². The van der Waals surface area contributed by atoms with Crippen LogP contribution in [0.3, 0.4) is 0 Å². The number of hydrogen-bond acceptors (Lipinski definition) is 3. The van der Waals surface area contributed by atoms with Gasteiger partial charge in [0.05, 0.1) is 11.4 Å². The van der Waals surface area contributed by atoms with Gasteiger partial charge in [-0.3, -0.25) is 14.5 Å². The van der Waals surface area contributed by atoms with Gasteiger partial charge in [-0.25, -0.2) is 0 Å². The number of aromatic nitrogens is 1. The van der Waals surface area contributed by atoms with Crippen LogP contribution in [-0.4, -0.2) is 20.6 Å². The number of thioether (sulfide) groups is 1. The summed E-state index contributed by atoms with van der Waals surface area (Å²) in [5.74, 6) is -0.224. The highest BCUT2D eigenvalue weighted by Gasteiger charge is 2.35. The van der Waals surface area contributed by atoms with E-state index in [9.17, 15) is 9.59 Å². The molecule has 0 atom stereocenters. The largest absolute Gasteiger partial charge is 0.348 e. The lowest BCUT2D eigenvalue weighted by atomic mass is 10.2. The van der Waals surface area contributed by atoms with Crippen molar-refractivity contribution >= 4 is 29.0 Å². The minimum absolute atomic E-state index is 0.217. The zero-order chi connectivity index (χ0) is 15.7. The fraction of sp³-hybridized carbons (Fsp3) is 0.176. The van der Waals surface area contributed by atoms with E-state index in [1.54, 1.807) is 6.08 Å². The lowest BCUT2D eigenvalue weighted by Gasteiger charge is -2.12. The summed E-state index contributed by atoms with van der Waals surface area (Å²) in [5, 5.41) is -0.217.